The van der Waals surface area contributed by atoms with Gasteiger partial charge in [-0.3, -0.25) is 0 Å². The number of aromatic nitrogens is 1. The fraction of sp³-hybridized carbons (Fsp3) is 0.700. The van der Waals surface area contributed by atoms with Crippen LogP contribution in [0.5, 0.6) is 0 Å². The van der Waals surface area contributed by atoms with Gasteiger partial charge in [-0.15, -0.1) is 22.9 Å². The molecule has 0 spiro atoms. The van der Waals surface area contributed by atoms with Gasteiger partial charge in [0.1, 0.15) is 0 Å². The average Bonchev–Trinajstić information content (AvgIpc) is 2.71. The summed E-state index contributed by atoms with van der Waals surface area (Å²) in [5, 5.41) is 1.31. The molecule has 2 unspecified atom stereocenters. The zero-order chi connectivity index (χ0) is 9.26. The Balaban J connectivity index is 2.08. The maximum atomic E-state index is 5.75. The van der Waals surface area contributed by atoms with Crippen LogP contribution in [0.3, 0.4) is 0 Å². The van der Waals surface area contributed by atoms with Crippen molar-refractivity contribution in [1.82, 2.24) is 4.98 Å². The molecule has 72 valence electrons. The maximum Gasteiger partial charge on any atom is 0.0959 e. The SMILES string of the molecule is CC1CCC(c2ncc(CCl)s2)C1. The van der Waals surface area contributed by atoms with Crippen molar-refractivity contribution in [3.63, 3.8) is 0 Å². The minimum Gasteiger partial charge on any atom is -0.249 e. The van der Waals surface area contributed by atoms with Gasteiger partial charge in [0.05, 0.1) is 10.9 Å². The standard InChI is InChI=1S/C10H14ClNS/c1-7-2-3-8(4-7)10-12-6-9(5-11)13-10/h6-8H,2-5H2,1H3. The molecule has 0 aromatic carbocycles. The van der Waals surface area contributed by atoms with Crippen molar-refractivity contribution in [1.29, 1.82) is 0 Å². The van der Waals surface area contributed by atoms with Crippen LogP contribution >= 0.6 is 22.9 Å². The van der Waals surface area contributed by atoms with Crippen molar-refractivity contribution in [3.05, 3.63) is 16.1 Å². The Morgan fingerprint density at radius 3 is 3.00 bits per heavy atom. The summed E-state index contributed by atoms with van der Waals surface area (Å²) in [6.45, 7) is 2.33. The molecule has 2 atom stereocenters. The fourth-order valence-electron chi connectivity index (χ4n) is 2.00. The topological polar surface area (TPSA) is 12.9 Å². The van der Waals surface area contributed by atoms with Crippen LogP contribution in [0.2, 0.25) is 0 Å². The molecule has 0 saturated heterocycles. The number of halogens is 1. The number of rotatable bonds is 2. The van der Waals surface area contributed by atoms with E-state index in [0.29, 0.717) is 5.88 Å². The molecule has 0 aliphatic heterocycles. The van der Waals surface area contributed by atoms with Crippen molar-refractivity contribution in [2.24, 2.45) is 5.92 Å². The number of hydrogen-bond acceptors (Lipinski definition) is 2. The Bertz CT molecular complexity index is 284. The van der Waals surface area contributed by atoms with Crippen LogP contribution in [0.1, 0.15) is 42.0 Å². The van der Waals surface area contributed by atoms with E-state index < -0.39 is 0 Å². The predicted octanol–water partition coefficient (Wildman–Crippen LogP) is 3.79. The Kier molecular flexibility index (Phi) is 2.89. The predicted molar refractivity (Wildman–Crippen MR) is 57.4 cm³/mol. The number of hydrogen-bond donors (Lipinski definition) is 0. The number of alkyl halides is 1. The molecule has 1 heterocycles. The summed E-state index contributed by atoms with van der Waals surface area (Å²) in [7, 11) is 0. The van der Waals surface area contributed by atoms with Crippen molar-refractivity contribution in [3.8, 4) is 0 Å². The smallest absolute Gasteiger partial charge is 0.0959 e. The van der Waals surface area contributed by atoms with E-state index in [4.69, 9.17) is 11.6 Å². The van der Waals surface area contributed by atoms with E-state index in [-0.39, 0.29) is 0 Å². The van der Waals surface area contributed by atoms with Crippen molar-refractivity contribution in [2.45, 2.75) is 38.0 Å². The minimum atomic E-state index is 0.611. The third-order valence-corrected chi connectivity index (χ3v) is 4.35. The van der Waals surface area contributed by atoms with Crippen molar-refractivity contribution >= 4 is 22.9 Å². The molecule has 2 rings (SSSR count). The molecule has 13 heavy (non-hydrogen) atoms. The van der Waals surface area contributed by atoms with E-state index in [2.05, 4.69) is 11.9 Å². The monoisotopic (exact) mass is 215 g/mol. The summed E-state index contributed by atoms with van der Waals surface area (Å²) in [5.74, 6) is 2.21. The lowest BCUT2D eigenvalue weighted by atomic mass is 10.1. The van der Waals surface area contributed by atoms with Gasteiger partial charge in [0, 0.05) is 17.0 Å². The van der Waals surface area contributed by atoms with E-state index in [1.54, 1.807) is 11.3 Å². The Labute approximate surface area is 88.1 Å². The fourth-order valence-corrected chi connectivity index (χ4v) is 3.15. The molecule has 0 radical (unpaired) electrons. The second-order valence-electron chi connectivity index (χ2n) is 3.91. The van der Waals surface area contributed by atoms with E-state index in [0.717, 1.165) is 11.8 Å². The molecule has 1 aromatic heterocycles. The Hall–Kier alpha value is -0.0800. The van der Waals surface area contributed by atoms with Gasteiger partial charge >= 0.3 is 0 Å². The first kappa shape index (κ1) is 9.47. The van der Waals surface area contributed by atoms with Gasteiger partial charge in [0.2, 0.25) is 0 Å². The first-order valence-electron chi connectivity index (χ1n) is 4.80. The molecule has 1 fully saturated rings. The zero-order valence-corrected chi connectivity index (χ0v) is 9.37. The second-order valence-corrected chi connectivity index (χ2v) is 5.33. The number of thiazole rings is 1. The summed E-state index contributed by atoms with van der Waals surface area (Å²) in [6, 6.07) is 0. The van der Waals surface area contributed by atoms with Crippen LogP contribution in [0.15, 0.2) is 6.20 Å². The van der Waals surface area contributed by atoms with Gasteiger partial charge in [0.25, 0.3) is 0 Å². The van der Waals surface area contributed by atoms with Crippen molar-refractivity contribution in [2.75, 3.05) is 0 Å². The van der Waals surface area contributed by atoms with Crippen LogP contribution in [0.25, 0.3) is 0 Å². The maximum absolute atomic E-state index is 5.75. The van der Waals surface area contributed by atoms with Crippen LogP contribution in [-0.2, 0) is 5.88 Å². The van der Waals surface area contributed by atoms with Gasteiger partial charge in [-0.1, -0.05) is 13.3 Å². The van der Waals surface area contributed by atoms with Gasteiger partial charge in [-0.25, -0.2) is 4.98 Å². The Morgan fingerprint density at radius 2 is 2.46 bits per heavy atom. The highest BCUT2D eigenvalue weighted by molar-refractivity contribution is 7.11. The van der Waals surface area contributed by atoms with Crippen LogP contribution in [-0.4, -0.2) is 4.98 Å². The van der Waals surface area contributed by atoms with Crippen LogP contribution in [0.4, 0.5) is 0 Å². The molecule has 1 saturated carbocycles. The molecule has 1 aromatic rings. The average molecular weight is 216 g/mol. The molecule has 1 aliphatic rings. The highest BCUT2D eigenvalue weighted by Crippen LogP contribution is 2.39. The van der Waals surface area contributed by atoms with E-state index in [9.17, 15) is 0 Å². The zero-order valence-electron chi connectivity index (χ0n) is 7.79. The van der Waals surface area contributed by atoms with E-state index in [1.165, 1.54) is 29.1 Å². The summed E-state index contributed by atoms with van der Waals surface area (Å²) >= 11 is 7.54. The molecule has 0 bridgehead atoms. The molecular formula is C10H14ClNS. The largest absolute Gasteiger partial charge is 0.249 e. The third kappa shape index (κ3) is 2.05. The van der Waals surface area contributed by atoms with Gasteiger partial charge in [-0.2, -0.15) is 0 Å². The second kappa shape index (κ2) is 3.97. The lowest BCUT2D eigenvalue weighted by Gasteiger charge is -2.03. The third-order valence-electron chi connectivity index (χ3n) is 2.75. The molecule has 0 N–H and O–H groups in total. The van der Waals surface area contributed by atoms with Gasteiger partial charge < -0.3 is 0 Å². The molecule has 1 aliphatic carbocycles. The first-order chi connectivity index (χ1) is 6.29. The first-order valence-corrected chi connectivity index (χ1v) is 6.15. The molecule has 3 heteroatoms. The quantitative estimate of drug-likeness (QED) is 0.685. The van der Waals surface area contributed by atoms with Gasteiger partial charge in [-0.05, 0) is 18.8 Å². The summed E-state index contributed by atoms with van der Waals surface area (Å²) < 4.78 is 0. The van der Waals surface area contributed by atoms with Crippen LogP contribution in [0, 0.1) is 5.92 Å². The van der Waals surface area contributed by atoms with Gasteiger partial charge in [0.15, 0.2) is 0 Å². The highest BCUT2D eigenvalue weighted by Gasteiger charge is 2.24. The summed E-state index contributed by atoms with van der Waals surface area (Å²) in [6.07, 6.45) is 5.92. The lowest BCUT2D eigenvalue weighted by molar-refractivity contribution is 0.595. The van der Waals surface area contributed by atoms with Crippen LogP contribution < -0.4 is 0 Å². The minimum absolute atomic E-state index is 0.611. The molecule has 0 amide bonds. The Morgan fingerprint density at radius 1 is 1.62 bits per heavy atom. The molecular weight excluding hydrogens is 202 g/mol. The summed E-state index contributed by atoms with van der Waals surface area (Å²) in [4.78, 5) is 5.64. The van der Waals surface area contributed by atoms with Crippen molar-refractivity contribution < 1.29 is 0 Å². The van der Waals surface area contributed by atoms with E-state index in [1.807, 2.05) is 6.20 Å². The van der Waals surface area contributed by atoms with E-state index >= 15 is 0 Å². The lowest BCUT2D eigenvalue weighted by Crippen LogP contribution is -1.91. The highest BCUT2D eigenvalue weighted by atomic mass is 35.5. The number of nitrogens with zero attached hydrogens (tertiary/aromatic N) is 1. The normalized spacial score (nSPS) is 28.2. The summed E-state index contributed by atoms with van der Waals surface area (Å²) in [5.41, 5.74) is 0. The molecule has 1 nitrogen and oxygen atoms in total.